The number of fused-ring (bicyclic) bond motifs is 3. The van der Waals surface area contributed by atoms with E-state index in [4.69, 9.17) is 56.8 Å². The average molecular weight is 832 g/mol. The van der Waals surface area contributed by atoms with Gasteiger partial charge in [0.25, 0.3) is 0 Å². The van der Waals surface area contributed by atoms with Crippen molar-refractivity contribution < 1.29 is 56.8 Å². The van der Waals surface area contributed by atoms with Gasteiger partial charge in [-0.15, -0.1) is 0 Å². The molecule has 3 aliphatic heterocycles. The number of rotatable bonds is 16. The minimum absolute atomic E-state index is 0.103. The fourth-order valence-corrected chi connectivity index (χ4v) is 9.48. The van der Waals surface area contributed by atoms with Gasteiger partial charge in [-0.25, -0.2) is 0 Å². The molecule has 8 rings (SSSR count). The Bertz CT molecular complexity index is 1870. The monoisotopic (exact) mass is 831 g/mol. The fourth-order valence-electron chi connectivity index (χ4n) is 9.48. The van der Waals surface area contributed by atoms with E-state index in [1.54, 1.807) is 21.3 Å². The molecule has 3 aromatic carbocycles. The smallest absolute Gasteiger partial charge is 0.223 e. The topological polar surface area (TPSA) is 160 Å². The van der Waals surface area contributed by atoms with Crippen LogP contribution in [0.25, 0.3) is 10.4 Å². The Hall–Kier alpha value is -3.51. The van der Waals surface area contributed by atoms with E-state index >= 15 is 0 Å². The molecule has 0 radical (unpaired) electrons. The van der Waals surface area contributed by atoms with Crippen LogP contribution in [0.15, 0.2) is 96.1 Å². The van der Waals surface area contributed by atoms with E-state index in [-0.39, 0.29) is 19.8 Å². The van der Waals surface area contributed by atoms with Gasteiger partial charge in [-0.05, 0) is 48.9 Å². The van der Waals surface area contributed by atoms with Crippen molar-refractivity contribution in [1.82, 2.24) is 0 Å². The molecule has 15 nitrogen and oxygen atoms in total. The van der Waals surface area contributed by atoms with Gasteiger partial charge in [-0.1, -0.05) is 96.1 Å². The summed E-state index contributed by atoms with van der Waals surface area (Å²) in [5.41, 5.74) is 13.1. The van der Waals surface area contributed by atoms with E-state index in [2.05, 4.69) is 10.0 Å². The van der Waals surface area contributed by atoms with Gasteiger partial charge >= 0.3 is 0 Å². The van der Waals surface area contributed by atoms with E-state index in [9.17, 15) is 5.53 Å². The van der Waals surface area contributed by atoms with Gasteiger partial charge in [0.2, 0.25) is 11.6 Å². The molecule has 2 unspecified atom stereocenters. The van der Waals surface area contributed by atoms with Crippen molar-refractivity contribution in [2.24, 2.45) is 5.11 Å². The number of hydrogen-bond acceptors (Lipinski definition) is 13. The number of hydrogen-bond donors (Lipinski definition) is 0. The normalized spacial score (nSPS) is 37.0. The lowest BCUT2D eigenvalue weighted by Gasteiger charge is -2.61. The van der Waals surface area contributed by atoms with Crippen LogP contribution in [-0.2, 0) is 76.7 Å². The molecular weight excluding hydrogens is 775 g/mol. The third-order valence-electron chi connectivity index (χ3n) is 12.3. The Morgan fingerprint density at radius 2 is 1.12 bits per heavy atom. The third kappa shape index (κ3) is 8.75. The molecule has 13 atom stereocenters. The first-order chi connectivity index (χ1) is 29.2. The summed E-state index contributed by atoms with van der Waals surface area (Å²) in [6.07, 6.45) is -5.36. The van der Waals surface area contributed by atoms with Gasteiger partial charge in [-0.2, -0.15) is 0 Å². The second kappa shape index (κ2) is 18.9. The molecule has 5 fully saturated rings. The molecule has 5 aliphatic rings. The van der Waals surface area contributed by atoms with Crippen LogP contribution in [0.1, 0.15) is 56.2 Å². The molecule has 0 N–H and O–H groups in total. The van der Waals surface area contributed by atoms with Crippen LogP contribution < -0.4 is 0 Å². The first kappa shape index (κ1) is 43.2. The van der Waals surface area contributed by atoms with Gasteiger partial charge < -0.3 is 56.8 Å². The van der Waals surface area contributed by atoms with Crippen molar-refractivity contribution in [3.8, 4) is 0 Å². The number of azide groups is 1. The highest BCUT2D eigenvalue weighted by Gasteiger charge is 2.70. The Kier molecular flexibility index (Phi) is 13.6. The van der Waals surface area contributed by atoms with Gasteiger partial charge in [-0.3, -0.25) is 0 Å². The maximum absolute atomic E-state index is 10.2. The standard InChI is InChI=1S/C45H57N3O12/c1-43(2)57-38-36(49-3)39-41(60-45(51-5)24-16-15-23-44(45,50-4)59-39)37(40(38)58-43)56-42-33(47-48-46)35(54-27-31-21-13-8-14-22-31)34(53-26-30-19-11-7-12-20-30)32(55-42)28-52-25-29-17-9-6-10-18-29/h6-14,17-22,32-42H,15-16,23-28H2,1-5H3/t32-,33-,34-,35-,36-,37+,38-,39+,40+,41+,42-,44?,45?/m1/s1. The molecule has 324 valence electrons. The largest absolute Gasteiger partial charge is 0.376 e. The van der Waals surface area contributed by atoms with Gasteiger partial charge in [0.05, 0.1) is 26.4 Å². The van der Waals surface area contributed by atoms with Crippen LogP contribution >= 0.6 is 0 Å². The van der Waals surface area contributed by atoms with Crippen LogP contribution in [0, 0.1) is 0 Å². The summed E-state index contributed by atoms with van der Waals surface area (Å²) >= 11 is 0. The zero-order chi connectivity index (χ0) is 41.7. The van der Waals surface area contributed by atoms with Crippen LogP contribution in [-0.4, -0.2) is 113 Å². The van der Waals surface area contributed by atoms with Crippen molar-refractivity contribution in [2.45, 2.75) is 144 Å². The van der Waals surface area contributed by atoms with Crippen LogP contribution in [0.2, 0.25) is 0 Å². The molecule has 0 amide bonds. The SMILES string of the molecule is CO[C@@H]1[C@H]2OC(C)(C)O[C@H]2[C@H](O[C@H]2O[C@H](COCc3ccccc3)[C@@H](OCc3ccccc3)[C@H](OCc3ccccc3)[C@H]2N=[N+]=[N-])[C@@H]2OC3(OC)CCCCC3(OC)O[C@@H]12. The van der Waals surface area contributed by atoms with E-state index in [0.29, 0.717) is 19.4 Å². The Morgan fingerprint density at radius 1 is 0.633 bits per heavy atom. The van der Waals surface area contributed by atoms with Crippen molar-refractivity contribution in [1.29, 1.82) is 0 Å². The zero-order valence-electron chi connectivity index (χ0n) is 34.9. The molecule has 2 saturated carbocycles. The summed E-state index contributed by atoms with van der Waals surface area (Å²) in [4.78, 5) is 3.31. The summed E-state index contributed by atoms with van der Waals surface area (Å²) in [7, 11) is 4.82. The van der Waals surface area contributed by atoms with Crippen molar-refractivity contribution in [2.75, 3.05) is 27.9 Å². The summed E-state index contributed by atoms with van der Waals surface area (Å²) < 4.78 is 79.8. The van der Waals surface area contributed by atoms with Crippen molar-refractivity contribution in [3.05, 3.63) is 118 Å². The summed E-state index contributed by atoms with van der Waals surface area (Å²) in [5, 5.41) is 4.33. The summed E-state index contributed by atoms with van der Waals surface area (Å²) in [5.74, 6) is -3.51. The zero-order valence-corrected chi connectivity index (χ0v) is 34.9. The van der Waals surface area contributed by atoms with Crippen molar-refractivity contribution >= 4 is 0 Å². The number of methoxy groups -OCH3 is 3. The van der Waals surface area contributed by atoms with E-state index < -0.39 is 84.6 Å². The van der Waals surface area contributed by atoms with E-state index in [1.807, 2.05) is 105 Å². The highest BCUT2D eigenvalue weighted by atomic mass is 16.8. The Labute approximate surface area is 351 Å². The highest BCUT2D eigenvalue weighted by molar-refractivity contribution is 5.17. The van der Waals surface area contributed by atoms with E-state index in [1.165, 1.54) is 0 Å². The Balaban J connectivity index is 1.17. The second-order valence-corrected chi connectivity index (χ2v) is 16.4. The molecule has 3 heterocycles. The lowest BCUT2D eigenvalue weighted by Crippen LogP contribution is -2.77. The molecule has 0 aromatic heterocycles. The molecule has 2 aliphatic carbocycles. The van der Waals surface area contributed by atoms with Gasteiger partial charge in [0.1, 0.15) is 61.0 Å². The summed E-state index contributed by atoms with van der Waals surface area (Å²) in [6, 6.07) is 28.5. The minimum atomic E-state index is -1.27. The summed E-state index contributed by atoms with van der Waals surface area (Å²) in [6.45, 7) is 4.55. The van der Waals surface area contributed by atoms with Crippen LogP contribution in [0.5, 0.6) is 0 Å². The van der Waals surface area contributed by atoms with Gasteiger partial charge in [0.15, 0.2) is 12.1 Å². The first-order valence-corrected chi connectivity index (χ1v) is 20.8. The third-order valence-corrected chi connectivity index (χ3v) is 12.3. The minimum Gasteiger partial charge on any atom is -0.376 e. The lowest BCUT2D eigenvalue weighted by molar-refractivity contribution is -0.491. The molecule has 60 heavy (non-hydrogen) atoms. The lowest BCUT2D eigenvalue weighted by atomic mass is 9.79. The molecule has 15 heteroatoms. The Morgan fingerprint density at radius 3 is 1.63 bits per heavy atom. The molecule has 3 aromatic rings. The van der Waals surface area contributed by atoms with Crippen LogP contribution in [0.4, 0.5) is 0 Å². The molecular formula is C45H57N3O12. The highest BCUT2D eigenvalue weighted by Crippen LogP contribution is 2.54. The maximum Gasteiger partial charge on any atom is 0.223 e. The molecule has 3 saturated heterocycles. The number of ether oxygens (including phenoxy) is 12. The predicted molar refractivity (Wildman–Crippen MR) is 215 cm³/mol. The molecule has 0 spiro atoms. The van der Waals surface area contributed by atoms with Crippen molar-refractivity contribution in [3.63, 3.8) is 0 Å². The second-order valence-electron chi connectivity index (χ2n) is 16.4. The van der Waals surface area contributed by atoms with Crippen LogP contribution in [0.3, 0.4) is 0 Å². The predicted octanol–water partition coefficient (Wildman–Crippen LogP) is 6.76. The quantitative estimate of drug-likeness (QED) is 0.0850. The first-order valence-electron chi connectivity index (χ1n) is 20.8. The number of benzene rings is 3. The fraction of sp³-hybridized carbons (Fsp3) is 0.600. The van der Waals surface area contributed by atoms with E-state index in [0.717, 1.165) is 29.5 Å². The molecule has 0 bridgehead atoms. The average Bonchev–Trinajstić information content (AvgIpc) is 3.60. The van der Waals surface area contributed by atoms with Gasteiger partial charge in [0, 0.05) is 39.1 Å². The maximum atomic E-state index is 10.2. The number of nitrogens with zero attached hydrogens (tertiary/aromatic N) is 3.